The van der Waals surface area contributed by atoms with Crippen LogP contribution in [0.3, 0.4) is 0 Å². The van der Waals surface area contributed by atoms with Crippen LogP contribution in [0.25, 0.3) is 5.57 Å². The van der Waals surface area contributed by atoms with Gasteiger partial charge >= 0.3 is 11.9 Å². The Morgan fingerprint density at radius 2 is 1.59 bits per heavy atom. The largest absolute Gasteiger partial charge is 0.508 e. The lowest BCUT2D eigenvalue weighted by Crippen LogP contribution is -2.39. The first-order valence-electron chi connectivity index (χ1n) is 9.78. The summed E-state index contributed by atoms with van der Waals surface area (Å²) in [6, 6.07) is 21.8. The van der Waals surface area contributed by atoms with Gasteiger partial charge in [-0.15, -0.1) is 0 Å². The van der Waals surface area contributed by atoms with E-state index < -0.39 is 23.3 Å². The Morgan fingerprint density at radius 1 is 0.938 bits per heavy atom. The number of aliphatic hydroxyl groups excluding tert-OH is 1. The maximum Gasteiger partial charge on any atom is 0.375 e. The molecule has 3 aromatic rings. The molecule has 0 amide bonds. The van der Waals surface area contributed by atoms with E-state index in [9.17, 15) is 19.8 Å². The molecule has 2 N–H and O–H groups in total. The average Bonchev–Trinajstić information content (AvgIpc) is 3.10. The van der Waals surface area contributed by atoms with Crippen LogP contribution in [0, 0.1) is 0 Å². The third-order valence-corrected chi connectivity index (χ3v) is 5.17. The monoisotopic (exact) mass is 432 g/mol. The third kappa shape index (κ3) is 3.65. The molecule has 1 aliphatic rings. The number of aromatic hydroxyl groups is 1. The van der Waals surface area contributed by atoms with Crippen LogP contribution in [-0.2, 0) is 31.3 Å². The molecule has 3 aromatic carbocycles. The molecule has 162 valence electrons. The summed E-state index contributed by atoms with van der Waals surface area (Å²) in [5.74, 6) is -2.10. The second-order valence-corrected chi connectivity index (χ2v) is 7.13. The molecular formula is C25H20O7. The first kappa shape index (κ1) is 21.0. The maximum absolute atomic E-state index is 12.9. The molecule has 0 aromatic heterocycles. The number of hydrogen-bond acceptors (Lipinski definition) is 7. The first-order valence-corrected chi connectivity index (χ1v) is 9.78. The lowest BCUT2D eigenvalue weighted by atomic mass is 9.82. The van der Waals surface area contributed by atoms with Crippen LogP contribution < -0.4 is 4.74 Å². The van der Waals surface area contributed by atoms with Crippen molar-refractivity contribution in [3.63, 3.8) is 0 Å². The van der Waals surface area contributed by atoms with E-state index in [4.69, 9.17) is 14.2 Å². The second-order valence-electron chi connectivity index (χ2n) is 7.13. The van der Waals surface area contributed by atoms with Gasteiger partial charge in [-0.3, -0.25) is 0 Å². The van der Waals surface area contributed by atoms with Crippen molar-refractivity contribution in [3.8, 4) is 11.5 Å². The van der Waals surface area contributed by atoms with Gasteiger partial charge in [0.05, 0.1) is 12.7 Å². The van der Waals surface area contributed by atoms with Gasteiger partial charge in [-0.2, -0.15) is 0 Å². The molecule has 0 saturated carbocycles. The standard InChI is InChI=1S/C25H20O7/c1-30-24(29)25(21(22(27)23(28)32-25)17-7-11-19(26)12-8-17)18-9-13-20(14-10-18)31-15-16-5-3-2-4-6-16/h2-14,26-27H,15H2,1H3. The van der Waals surface area contributed by atoms with Gasteiger partial charge in [-0.05, 0) is 35.4 Å². The van der Waals surface area contributed by atoms with Crippen molar-refractivity contribution in [2.45, 2.75) is 12.2 Å². The van der Waals surface area contributed by atoms with Crippen LogP contribution in [0.4, 0.5) is 0 Å². The Morgan fingerprint density at radius 3 is 2.22 bits per heavy atom. The Kier molecular flexibility index (Phi) is 5.55. The molecule has 1 unspecified atom stereocenters. The molecule has 1 atom stereocenters. The fourth-order valence-electron chi connectivity index (χ4n) is 3.61. The zero-order valence-electron chi connectivity index (χ0n) is 17.1. The minimum absolute atomic E-state index is 0.0114. The van der Waals surface area contributed by atoms with Crippen molar-refractivity contribution >= 4 is 17.5 Å². The quantitative estimate of drug-likeness (QED) is 0.570. The molecular weight excluding hydrogens is 412 g/mol. The highest BCUT2D eigenvalue weighted by Crippen LogP contribution is 2.47. The van der Waals surface area contributed by atoms with Crippen molar-refractivity contribution in [2.24, 2.45) is 0 Å². The minimum atomic E-state index is -2.01. The second kappa shape index (κ2) is 8.47. The number of aliphatic hydroxyl groups is 1. The van der Waals surface area contributed by atoms with Crippen LogP contribution in [0.2, 0.25) is 0 Å². The fraction of sp³-hybridized carbons (Fsp3) is 0.120. The predicted molar refractivity (Wildman–Crippen MR) is 115 cm³/mol. The number of phenols is 1. The lowest BCUT2D eigenvalue weighted by molar-refractivity contribution is -0.170. The smallest absolute Gasteiger partial charge is 0.375 e. The molecule has 1 heterocycles. The number of hydrogen-bond donors (Lipinski definition) is 2. The highest BCUT2D eigenvalue weighted by Gasteiger charge is 2.57. The third-order valence-electron chi connectivity index (χ3n) is 5.17. The number of phenolic OH excluding ortho intramolecular Hbond substituents is 1. The molecule has 7 nitrogen and oxygen atoms in total. The zero-order valence-corrected chi connectivity index (χ0v) is 17.1. The van der Waals surface area contributed by atoms with E-state index in [2.05, 4.69) is 0 Å². The number of cyclic esters (lactones) is 1. The Labute approximate surface area is 184 Å². The van der Waals surface area contributed by atoms with Gasteiger partial charge in [0.1, 0.15) is 18.1 Å². The summed E-state index contributed by atoms with van der Waals surface area (Å²) in [5.41, 5.74) is -0.481. The maximum atomic E-state index is 12.9. The molecule has 0 spiro atoms. The number of ether oxygens (including phenoxy) is 3. The van der Waals surface area contributed by atoms with Gasteiger partial charge in [0, 0.05) is 5.56 Å². The highest BCUT2D eigenvalue weighted by molar-refractivity contribution is 6.11. The van der Waals surface area contributed by atoms with Crippen molar-refractivity contribution in [1.82, 2.24) is 0 Å². The SMILES string of the molecule is COC(=O)C1(c2ccc(OCc3ccccc3)cc2)OC(=O)C(O)=C1c1ccc(O)cc1. The Balaban J connectivity index is 1.72. The van der Waals surface area contributed by atoms with Gasteiger partial charge < -0.3 is 24.4 Å². The molecule has 0 aliphatic carbocycles. The van der Waals surface area contributed by atoms with Crippen LogP contribution >= 0.6 is 0 Å². The summed E-state index contributed by atoms with van der Waals surface area (Å²) in [6.07, 6.45) is 0. The Bertz CT molecular complexity index is 1170. The molecule has 1 aliphatic heterocycles. The number of carbonyl (C=O) groups excluding carboxylic acids is 2. The number of rotatable bonds is 6. The van der Waals surface area contributed by atoms with Gasteiger partial charge in [-0.25, -0.2) is 9.59 Å². The minimum Gasteiger partial charge on any atom is -0.508 e. The van der Waals surface area contributed by atoms with E-state index in [0.717, 1.165) is 5.56 Å². The van der Waals surface area contributed by atoms with Crippen LogP contribution in [-0.4, -0.2) is 29.3 Å². The summed E-state index contributed by atoms with van der Waals surface area (Å²) in [7, 11) is 1.17. The zero-order chi connectivity index (χ0) is 22.7. The molecule has 0 radical (unpaired) electrons. The molecule has 0 bridgehead atoms. The Hall–Kier alpha value is -4.26. The lowest BCUT2D eigenvalue weighted by Gasteiger charge is -2.28. The number of esters is 2. The summed E-state index contributed by atoms with van der Waals surface area (Å²) in [6.45, 7) is 0.358. The van der Waals surface area contributed by atoms with E-state index in [-0.39, 0.29) is 16.9 Å². The van der Waals surface area contributed by atoms with E-state index in [1.165, 1.54) is 31.4 Å². The summed E-state index contributed by atoms with van der Waals surface area (Å²) in [5, 5.41) is 20.1. The van der Waals surface area contributed by atoms with Crippen LogP contribution in [0.1, 0.15) is 16.7 Å². The molecule has 32 heavy (non-hydrogen) atoms. The summed E-state index contributed by atoms with van der Waals surface area (Å²) < 4.78 is 16.2. The topological polar surface area (TPSA) is 102 Å². The van der Waals surface area contributed by atoms with Crippen molar-refractivity contribution < 1.29 is 34.0 Å². The van der Waals surface area contributed by atoms with Crippen molar-refractivity contribution in [1.29, 1.82) is 0 Å². The normalized spacial score (nSPS) is 17.7. The summed E-state index contributed by atoms with van der Waals surface area (Å²) in [4.78, 5) is 25.3. The van der Waals surface area contributed by atoms with E-state index in [1.807, 2.05) is 30.3 Å². The van der Waals surface area contributed by atoms with Crippen LogP contribution in [0.5, 0.6) is 11.5 Å². The molecule has 4 rings (SSSR count). The number of methoxy groups -OCH3 is 1. The van der Waals surface area contributed by atoms with E-state index >= 15 is 0 Å². The fourth-order valence-corrected chi connectivity index (χ4v) is 3.61. The number of carbonyl (C=O) groups is 2. The van der Waals surface area contributed by atoms with Gasteiger partial charge in [0.25, 0.3) is 5.60 Å². The molecule has 0 fully saturated rings. The number of benzene rings is 3. The highest BCUT2D eigenvalue weighted by atomic mass is 16.6. The van der Waals surface area contributed by atoms with Gasteiger partial charge in [0.15, 0.2) is 0 Å². The molecule has 0 saturated heterocycles. The van der Waals surface area contributed by atoms with E-state index in [1.54, 1.807) is 24.3 Å². The average molecular weight is 432 g/mol. The van der Waals surface area contributed by atoms with Gasteiger partial charge in [-0.1, -0.05) is 54.6 Å². The first-order chi connectivity index (χ1) is 15.5. The molecule has 7 heteroatoms. The van der Waals surface area contributed by atoms with E-state index in [0.29, 0.717) is 17.9 Å². The van der Waals surface area contributed by atoms with Gasteiger partial charge in [0.2, 0.25) is 5.76 Å². The van der Waals surface area contributed by atoms with Crippen LogP contribution in [0.15, 0.2) is 84.6 Å². The van der Waals surface area contributed by atoms with Crippen molar-refractivity contribution in [3.05, 3.63) is 101 Å². The predicted octanol–water partition coefficient (Wildman–Crippen LogP) is 3.87. The van der Waals surface area contributed by atoms with Crippen molar-refractivity contribution in [2.75, 3.05) is 7.11 Å². The summed E-state index contributed by atoms with van der Waals surface area (Å²) >= 11 is 0.